The lowest BCUT2D eigenvalue weighted by molar-refractivity contribution is -0.123. The van der Waals surface area contributed by atoms with Crippen molar-refractivity contribution in [3.63, 3.8) is 0 Å². The number of carbonyl (C=O) groups excluding carboxylic acids is 1. The molecule has 1 aliphatic heterocycles. The van der Waals surface area contributed by atoms with Gasteiger partial charge in [-0.25, -0.2) is 8.42 Å². The number of nitrogens with one attached hydrogen (secondary N) is 1. The second-order valence-corrected chi connectivity index (χ2v) is 7.56. The number of ether oxygens (including phenoxy) is 2. The zero-order valence-corrected chi connectivity index (χ0v) is 14.8. The summed E-state index contributed by atoms with van der Waals surface area (Å²) in [7, 11) is -3.31. The van der Waals surface area contributed by atoms with E-state index in [1.54, 1.807) is 31.2 Å². The summed E-state index contributed by atoms with van der Waals surface area (Å²) in [5, 5.41) is 2.78. The number of sulfonamides is 1. The van der Waals surface area contributed by atoms with Gasteiger partial charge in [-0.05, 0) is 44.0 Å². The molecule has 1 saturated heterocycles. The number of benzene rings is 1. The third-order valence-corrected chi connectivity index (χ3v) is 5.00. The van der Waals surface area contributed by atoms with Crippen molar-refractivity contribution in [2.24, 2.45) is 0 Å². The highest BCUT2D eigenvalue weighted by molar-refractivity contribution is 7.92. The van der Waals surface area contributed by atoms with Gasteiger partial charge in [-0.1, -0.05) is 0 Å². The average molecular weight is 356 g/mol. The van der Waals surface area contributed by atoms with Gasteiger partial charge < -0.3 is 14.8 Å². The largest absolute Gasteiger partial charge is 0.484 e. The summed E-state index contributed by atoms with van der Waals surface area (Å²) < 4.78 is 35.5. The number of carbonyl (C=O) groups is 1. The molecule has 1 aliphatic rings. The maximum atomic E-state index is 11.7. The molecule has 0 bridgehead atoms. The third kappa shape index (κ3) is 5.38. The SMILES string of the molecule is CCN(c1ccc(OCC(=O)NC[C@@H]2CCCO2)cc1)S(C)(=O)=O. The van der Waals surface area contributed by atoms with Crippen LogP contribution >= 0.6 is 0 Å². The van der Waals surface area contributed by atoms with Crippen LogP contribution in [0.15, 0.2) is 24.3 Å². The van der Waals surface area contributed by atoms with Gasteiger partial charge in [0.15, 0.2) is 6.61 Å². The van der Waals surface area contributed by atoms with E-state index in [0.717, 1.165) is 19.4 Å². The Kier molecular flexibility index (Phi) is 6.44. The number of rotatable bonds is 8. The Bertz CT molecular complexity index is 639. The minimum atomic E-state index is -3.31. The van der Waals surface area contributed by atoms with E-state index in [0.29, 0.717) is 24.5 Å². The van der Waals surface area contributed by atoms with Gasteiger partial charge in [0.2, 0.25) is 10.0 Å². The standard InChI is InChI=1S/C16H24N2O5S/c1-3-18(24(2,20)21)13-6-8-14(9-7-13)23-12-16(19)17-11-15-5-4-10-22-15/h6-9,15H,3-5,10-12H2,1-2H3,(H,17,19)/t15-/m0/s1. The Morgan fingerprint density at radius 3 is 2.62 bits per heavy atom. The van der Waals surface area contributed by atoms with Crippen LogP contribution in [0.25, 0.3) is 0 Å². The molecule has 0 unspecified atom stereocenters. The molecule has 1 N–H and O–H groups in total. The maximum Gasteiger partial charge on any atom is 0.258 e. The fraction of sp³-hybridized carbons (Fsp3) is 0.562. The van der Waals surface area contributed by atoms with Crippen LogP contribution in [0.3, 0.4) is 0 Å². The molecule has 0 saturated carbocycles. The second kappa shape index (κ2) is 8.34. The lowest BCUT2D eigenvalue weighted by Crippen LogP contribution is -2.35. The van der Waals surface area contributed by atoms with E-state index < -0.39 is 10.0 Å². The molecule has 1 aromatic carbocycles. The fourth-order valence-electron chi connectivity index (χ4n) is 2.55. The Balaban J connectivity index is 1.81. The molecule has 0 aliphatic carbocycles. The van der Waals surface area contributed by atoms with E-state index in [9.17, 15) is 13.2 Å². The molecule has 1 atom stereocenters. The lowest BCUT2D eigenvalue weighted by atomic mass is 10.2. The van der Waals surface area contributed by atoms with Crippen molar-refractivity contribution in [3.05, 3.63) is 24.3 Å². The van der Waals surface area contributed by atoms with E-state index in [1.807, 2.05) is 0 Å². The first-order valence-electron chi connectivity index (χ1n) is 7.99. The van der Waals surface area contributed by atoms with Crippen LogP contribution in [0.5, 0.6) is 5.75 Å². The van der Waals surface area contributed by atoms with Gasteiger partial charge in [0.1, 0.15) is 5.75 Å². The van der Waals surface area contributed by atoms with Crippen LogP contribution in [0.4, 0.5) is 5.69 Å². The first-order chi connectivity index (χ1) is 11.4. The minimum Gasteiger partial charge on any atom is -0.484 e. The summed E-state index contributed by atoms with van der Waals surface area (Å²) in [4.78, 5) is 11.7. The normalized spacial score (nSPS) is 17.5. The van der Waals surface area contributed by atoms with Gasteiger partial charge in [0.05, 0.1) is 18.0 Å². The van der Waals surface area contributed by atoms with Gasteiger partial charge in [-0.3, -0.25) is 9.10 Å². The van der Waals surface area contributed by atoms with E-state index >= 15 is 0 Å². The van der Waals surface area contributed by atoms with Gasteiger partial charge in [-0.15, -0.1) is 0 Å². The summed E-state index contributed by atoms with van der Waals surface area (Å²) in [6, 6.07) is 6.61. The van der Waals surface area contributed by atoms with Crippen LogP contribution in [0.1, 0.15) is 19.8 Å². The Hall–Kier alpha value is -1.80. The molecule has 7 nitrogen and oxygen atoms in total. The zero-order valence-electron chi connectivity index (χ0n) is 14.0. The van der Waals surface area contributed by atoms with Crippen molar-refractivity contribution in [1.29, 1.82) is 0 Å². The molecule has 1 fully saturated rings. The van der Waals surface area contributed by atoms with Crippen molar-refractivity contribution < 1.29 is 22.7 Å². The summed E-state index contributed by atoms with van der Waals surface area (Å²) in [6.45, 7) is 3.29. The molecule has 8 heteroatoms. The highest BCUT2D eigenvalue weighted by atomic mass is 32.2. The minimum absolute atomic E-state index is 0.0877. The van der Waals surface area contributed by atoms with Crippen molar-refractivity contribution in [2.75, 3.05) is 36.9 Å². The fourth-order valence-corrected chi connectivity index (χ4v) is 3.52. The van der Waals surface area contributed by atoms with Crippen LogP contribution in [0, 0.1) is 0 Å². The van der Waals surface area contributed by atoms with Crippen molar-refractivity contribution in [1.82, 2.24) is 5.32 Å². The topological polar surface area (TPSA) is 84.9 Å². The molecule has 2 rings (SSSR count). The molecule has 0 spiro atoms. The molecule has 1 amide bonds. The second-order valence-electron chi connectivity index (χ2n) is 5.65. The highest BCUT2D eigenvalue weighted by Crippen LogP contribution is 2.21. The van der Waals surface area contributed by atoms with E-state index in [2.05, 4.69) is 5.32 Å². The summed E-state index contributed by atoms with van der Waals surface area (Å²) in [5.74, 6) is 0.302. The zero-order chi connectivity index (χ0) is 17.6. The predicted octanol–water partition coefficient (Wildman–Crippen LogP) is 1.15. The summed E-state index contributed by atoms with van der Waals surface area (Å²) >= 11 is 0. The smallest absolute Gasteiger partial charge is 0.258 e. The summed E-state index contributed by atoms with van der Waals surface area (Å²) in [5.41, 5.74) is 0.565. The Labute approximate surface area is 143 Å². The molecular formula is C16H24N2O5S. The molecule has 24 heavy (non-hydrogen) atoms. The molecule has 0 radical (unpaired) electrons. The number of hydrogen-bond donors (Lipinski definition) is 1. The Morgan fingerprint density at radius 2 is 2.08 bits per heavy atom. The van der Waals surface area contributed by atoms with Crippen molar-refractivity contribution >= 4 is 21.6 Å². The first kappa shape index (κ1) is 18.5. The molecule has 1 heterocycles. The predicted molar refractivity (Wildman–Crippen MR) is 91.8 cm³/mol. The van der Waals surface area contributed by atoms with Crippen molar-refractivity contribution in [2.45, 2.75) is 25.9 Å². The average Bonchev–Trinajstić information content (AvgIpc) is 3.05. The number of amides is 1. The van der Waals surface area contributed by atoms with Gasteiger partial charge >= 0.3 is 0 Å². The third-order valence-electron chi connectivity index (χ3n) is 3.73. The molecule has 134 valence electrons. The van der Waals surface area contributed by atoms with Crippen LogP contribution in [0.2, 0.25) is 0 Å². The van der Waals surface area contributed by atoms with E-state index in [1.165, 1.54) is 10.6 Å². The number of anilines is 1. The lowest BCUT2D eigenvalue weighted by Gasteiger charge is -2.20. The molecule has 0 aromatic heterocycles. The molecular weight excluding hydrogens is 332 g/mol. The van der Waals surface area contributed by atoms with E-state index in [-0.39, 0.29) is 18.6 Å². The van der Waals surface area contributed by atoms with Gasteiger partial charge in [-0.2, -0.15) is 0 Å². The summed E-state index contributed by atoms with van der Waals surface area (Å²) in [6.07, 6.45) is 3.27. The first-order valence-corrected chi connectivity index (χ1v) is 9.84. The molecule has 1 aromatic rings. The number of nitrogens with zero attached hydrogens (tertiary/aromatic N) is 1. The monoisotopic (exact) mass is 356 g/mol. The number of hydrogen-bond acceptors (Lipinski definition) is 5. The van der Waals surface area contributed by atoms with Crippen molar-refractivity contribution in [3.8, 4) is 5.75 Å². The van der Waals surface area contributed by atoms with Crippen LogP contribution < -0.4 is 14.4 Å². The van der Waals surface area contributed by atoms with Crippen LogP contribution in [-0.2, 0) is 19.6 Å². The quantitative estimate of drug-likeness (QED) is 0.755. The Morgan fingerprint density at radius 1 is 1.38 bits per heavy atom. The van der Waals surface area contributed by atoms with Gasteiger partial charge in [0.25, 0.3) is 5.91 Å². The highest BCUT2D eigenvalue weighted by Gasteiger charge is 2.17. The van der Waals surface area contributed by atoms with Crippen LogP contribution in [-0.4, -0.2) is 53.0 Å². The van der Waals surface area contributed by atoms with E-state index in [4.69, 9.17) is 9.47 Å². The maximum absolute atomic E-state index is 11.7. The van der Waals surface area contributed by atoms with Gasteiger partial charge in [0, 0.05) is 19.7 Å².